The minimum atomic E-state index is -1.04. The molecule has 1 aliphatic rings. The zero-order valence-electron chi connectivity index (χ0n) is 10.6. The number of carbonyl (C=O) groups excluding carboxylic acids is 1. The van der Waals surface area contributed by atoms with Gasteiger partial charge in [0.2, 0.25) is 0 Å². The van der Waals surface area contributed by atoms with Crippen LogP contribution >= 0.6 is 23.2 Å². The average molecular weight is 317 g/mol. The van der Waals surface area contributed by atoms with E-state index in [-0.39, 0.29) is 6.54 Å². The van der Waals surface area contributed by atoms with Crippen LogP contribution in [0.1, 0.15) is 12.8 Å². The lowest BCUT2D eigenvalue weighted by Crippen LogP contribution is -2.40. The predicted molar refractivity (Wildman–Crippen MR) is 77.4 cm³/mol. The van der Waals surface area contributed by atoms with Crippen molar-refractivity contribution in [3.8, 4) is 0 Å². The number of nitrogens with one attached hydrogen (secondary N) is 1. The normalized spacial score (nSPS) is 13.9. The Labute approximate surface area is 126 Å². The van der Waals surface area contributed by atoms with Crippen molar-refractivity contribution in [3.63, 3.8) is 0 Å². The fourth-order valence-electron chi connectivity index (χ4n) is 1.82. The van der Waals surface area contributed by atoms with E-state index in [0.717, 1.165) is 12.8 Å². The third-order valence-corrected chi connectivity index (χ3v) is 3.34. The molecule has 0 radical (unpaired) electrons. The maximum absolute atomic E-state index is 12.1. The van der Waals surface area contributed by atoms with Crippen molar-refractivity contribution in [2.45, 2.75) is 12.8 Å². The summed E-state index contributed by atoms with van der Waals surface area (Å²) in [5.74, 6) is -0.632. The van der Waals surface area contributed by atoms with Gasteiger partial charge >= 0.3 is 12.0 Å². The number of carbonyl (C=O) groups is 2. The molecule has 108 valence electrons. The largest absolute Gasteiger partial charge is 0.480 e. The minimum Gasteiger partial charge on any atom is -0.480 e. The molecule has 0 spiro atoms. The van der Waals surface area contributed by atoms with Gasteiger partial charge in [-0.25, -0.2) is 4.79 Å². The summed E-state index contributed by atoms with van der Waals surface area (Å²) in [4.78, 5) is 24.2. The molecule has 1 aromatic rings. The number of rotatable bonds is 5. The van der Waals surface area contributed by atoms with Crippen LogP contribution in [0.4, 0.5) is 10.5 Å². The SMILES string of the molecule is O=C(O)CN(CC1CC1)C(=O)Nc1cc(Cl)cc(Cl)c1. The van der Waals surface area contributed by atoms with Gasteiger partial charge < -0.3 is 15.3 Å². The third-order valence-electron chi connectivity index (χ3n) is 2.90. The molecule has 0 aliphatic heterocycles. The summed E-state index contributed by atoms with van der Waals surface area (Å²) in [5.41, 5.74) is 0.443. The molecule has 1 aliphatic carbocycles. The van der Waals surface area contributed by atoms with Crippen LogP contribution in [0.2, 0.25) is 10.0 Å². The van der Waals surface area contributed by atoms with Crippen LogP contribution in [0.25, 0.3) is 0 Å². The van der Waals surface area contributed by atoms with E-state index in [9.17, 15) is 9.59 Å². The van der Waals surface area contributed by atoms with E-state index < -0.39 is 12.0 Å². The van der Waals surface area contributed by atoms with Crippen molar-refractivity contribution >= 4 is 40.9 Å². The zero-order chi connectivity index (χ0) is 14.7. The Morgan fingerprint density at radius 3 is 2.35 bits per heavy atom. The Balaban J connectivity index is 2.04. The Kier molecular flexibility index (Phi) is 4.73. The molecule has 20 heavy (non-hydrogen) atoms. The fourth-order valence-corrected chi connectivity index (χ4v) is 2.35. The highest BCUT2D eigenvalue weighted by molar-refractivity contribution is 6.35. The number of benzene rings is 1. The number of hydrogen-bond donors (Lipinski definition) is 2. The minimum absolute atomic E-state index is 0.323. The van der Waals surface area contributed by atoms with Crippen molar-refractivity contribution < 1.29 is 14.7 Å². The number of nitrogens with zero attached hydrogens (tertiary/aromatic N) is 1. The molecule has 0 heterocycles. The molecule has 0 saturated heterocycles. The van der Waals surface area contributed by atoms with Gasteiger partial charge in [0.25, 0.3) is 0 Å². The van der Waals surface area contributed by atoms with Gasteiger partial charge in [-0.2, -0.15) is 0 Å². The topological polar surface area (TPSA) is 69.6 Å². The molecule has 0 aromatic heterocycles. The second-order valence-corrected chi connectivity index (χ2v) is 5.68. The van der Waals surface area contributed by atoms with Gasteiger partial charge in [-0.3, -0.25) is 4.79 Å². The lowest BCUT2D eigenvalue weighted by molar-refractivity contribution is -0.137. The number of carboxylic acids is 1. The molecule has 7 heteroatoms. The summed E-state index contributed by atoms with van der Waals surface area (Å²) in [6.07, 6.45) is 2.07. The van der Waals surface area contributed by atoms with E-state index in [1.807, 2.05) is 0 Å². The number of hydrogen-bond acceptors (Lipinski definition) is 2. The predicted octanol–water partition coefficient (Wildman–Crippen LogP) is 3.32. The Morgan fingerprint density at radius 1 is 1.25 bits per heavy atom. The van der Waals surface area contributed by atoms with Gasteiger partial charge in [-0.05, 0) is 37.0 Å². The number of aliphatic carboxylic acids is 1. The van der Waals surface area contributed by atoms with Gasteiger partial charge in [-0.15, -0.1) is 0 Å². The highest BCUT2D eigenvalue weighted by Crippen LogP contribution is 2.30. The van der Waals surface area contributed by atoms with E-state index in [1.54, 1.807) is 18.2 Å². The van der Waals surface area contributed by atoms with E-state index in [2.05, 4.69) is 5.32 Å². The van der Waals surface area contributed by atoms with Gasteiger partial charge in [0.1, 0.15) is 6.54 Å². The van der Waals surface area contributed by atoms with Crippen LogP contribution in [0.5, 0.6) is 0 Å². The number of amides is 2. The summed E-state index contributed by atoms with van der Waals surface area (Å²) < 4.78 is 0. The van der Waals surface area contributed by atoms with E-state index >= 15 is 0 Å². The molecule has 0 unspecified atom stereocenters. The fraction of sp³-hybridized carbons (Fsp3) is 0.385. The van der Waals surface area contributed by atoms with Crippen LogP contribution in [-0.4, -0.2) is 35.1 Å². The van der Waals surface area contributed by atoms with Crippen molar-refractivity contribution in [2.75, 3.05) is 18.4 Å². The summed E-state index contributed by atoms with van der Waals surface area (Å²) in [5, 5.41) is 12.3. The molecule has 2 amide bonds. The molecule has 1 fully saturated rings. The molecule has 2 N–H and O–H groups in total. The molecule has 0 bridgehead atoms. The average Bonchev–Trinajstić information content (AvgIpc) is 3.09. The lowest BCUT2D eigenvalue weighted by atomic mass is 10.3. The third kappa shape index (κ3) is 4.58. The highest BCUT2D eigenvalue weighted by Gasteiger charge is 2.28. The van der Waals surface area contributed by atoms with Crippen molar-refractivity contribution in [2.24, 2.45) is 5.92 Å². The number of anilines is 1. The van der Waals surface area contributed by atoms with Crippen LogP contribution in [0.3, 0.4) is 0 Å². The Morgan fingerprint density at radius 2 is 1.85 bits per heavy atom. The first-order chi connectivity index (χ1) is 9.44. The number of carboxylic acid groups (broad SMARTS) is 1. The molecule has 1 aromatic carbocycles. The van der Waals surface area contributed by atoms with Crippen LogP contribution in [-0.2, 0) is 4.79 Å². The molecule has 1 saturated carbocycles. The number of halogens is 2. The summed E-state index contributed by atoms with van der Waals surface area (Å²) in [6.45, 7) is 0.128. The van der Waals surface area contributed by atoms with Gasteiger partial charge in [-0.1, -0.05) is 23.2 Å². The first-order valence-electron chi connectivity index (χ1n) is 6.18. The first kappa shape index (κ1) is 14.9. The van der Waals surface area contributed by atoms with Gasteiger partial charge in [0.05, 0.1) is 0 Å². The van der Waals surface area contributed by atoms with Gasteiger partial charge in [0, 0.05) is 22.3 Å². The summed E-state index contributed by atoms with van der Waals surface area (Å²) in [6, 6.07) is 4.21. The molecular formula is C13H14Cl2N2O3. The van der Waals surface area contributed by atoms with Crippen LogP contribution in [0, 0.1) is 5.92 Å². The highest BCUT2D eigenvalue weighted by atomic mass is 35.5. The van der Waals surface area contributed by atoms with E-state index in [4.69, 9.17) is 28.3 Å². The standard InChI is InChI=1S/C13H14Cl2N2O3/c14-9-3-10(15)5-11(4-9)16-13(20)17(7-12(18)19)6-8-1-2-8/h3-5,8H,1-2,6-7H2,(H,16,20)(H,18,19). The van der Waals surface area contributed by atoms with Gasteiger partial charge in [0.15, 0.2) is 0 Å². The summed E-state index contributed by atoms with van der Waals surface area (Å²) >= 11 is 11.7. The lowest BCUT2D eigenvalue weighted by Gasteiger charge is -2.21. The smallest absolute Gasteiger partial charge is 0.323 e. The summed E-state index contributed by atoms with van der Waals surface area (Å²) in [7, 11) is 0. The van der Waals surface area contributed by atoms with E-state index in [0.29, 0.717) is 28.2 Å². The Hall–Kier alpha value is -1.46. The second-order valence-electron chi connectivity index (χ2n) is 4.81. The quantitative estimate of drug-likeness (QED) is 0.875. The monoisotopic (exact) mass is 316 g/mol. The van der Waals surface area contributed by atoms with Crippen LogP contribution in [0.15, 0.2) is 18.2 Å². The molecule has 5 nitrogen and oxygen atoms in total. The first-order valence-corrected chi connectivity index (χ1v) is 6.93. The maximum Gasteiger partial charge on any atom is 0.323 e. The van der Waals surface area contributed by atoms with Crippen molar-refractivity contribution in [3.05, 3.63) is 28.2 Å². The molecule has 0 atom stereocenters. The second kappa shape index (κ2) is 6.33. The van der Waals surface area contributed by atoms with Crippen molar-refractivity contribution in [1.29, 1.82) is 0 Å². The number of urea groups is 1. The maximum atomic E-state index is 12.1. The van der Waals surface area contributed by atoms with E-state index in [1.165, 1.54) is 4.90 Å². The van der Waals surface area contributed by atoms with Crippen LogP contribution < -0.4 is 5.32 Å². The Bertz CT molecular complexity index is 512. The van der Waals surface area contributed by atoms with Crippen molar-refractivity contribution in [1.82, 2.24) is 4.90 Å². The zero-order valence-corrected chi connectivity index (χ0v) is 12.1. The molecule has 2 rings (SSSR count). The molecular weight excluding hydrogens is 303 g/mol.